The molecule has 0 aromatic heterocycles. The molecule has 0 spiro atoms. The van der Waals surface area contributed by atoms with Crippen LogP contribution in [0.25, 0.3) is 0 Å². The Hall–Kier alpha value is -1.89. The van der Waals surface area contributed by atoms with Crippen LogP contribution in [0.15, 0.2) is 28.7 Å². The van der Waals surface area contributed by atoms with Crippen molar-refractivity contribution in [1.29, 1.82) is 0 Å². The van der Waals surface area contributed by atoms with Crippen LogP contribution in [0.3, 0.4) is 0 Å². The smallest absolute Gasteiger partial charge is 0.325 e. The van der Waals surface area contributed by atoms with Crippen molar-refractivity contribution in [1.82, 2.24) is 15.1 Å². The predicted molar refractivity (Wildman–Crippen MR) is 96.8 cm³/mol. The fourth-order valence-electron chi connectivity index (χ4n) is 3.37. The van der Waals surface area contributed by atoms with E-state index in [1.165, 1.54) is 0 Å². The van der Waals surface area contributed by atoms with Gasteiger partial charge in [-0.25, -0.2) is 4.79 Å². The van der Waals surface area contributed by atoms with Gasteiger partial charge in [-0.3, -0.25) is 14.5 Å². The Morgan fingerprint density at radius 3 is 2.32 bits per heavy atom. The molecule has 2 aliphatic rings. The van der Waals surface area contributed by atoms with E-state index >= 15 is 0 Å². The fraction of sp³-hybridized carbons (Fsp3) is 0.500. The van der Waals surface area contributed by atoms with Gasteiger partial charge in [0.2, 0.25) is 5.91 Å². The molecule has 0 bridgehead atoms. The number of amides is 4. The highest BCUT2D eigenvalue weighted by Gasteiger charge is 2.49. The summed E-state index contributed by atoms with van der Waals surface area (Å²) in [7, 11) is 0. The number of nitrogens with one attached hydrogen (secondary N) is 1. The SMILES string of the molecule is CC1(c2ccc(Br)cc2)NC(=O)N(CC(=O)N2CCCCCC2)C1=O. The maximum absolute atomic E-state index is 12.9. The van der Waals surface area contributed by atoms with Gasteiger partial charge in [0.25, 0.3) is 5.91 Å². The van der Waals surface area contributed by atoms with E-state index in [1.807, 2.05) is 12.1 Å². The molecule has 25 heavy (non-hydrogen) atoms. The van der Waals surface area contributed by atoms with Crippen LogP contribution in [0, 0.1) is 0 Å². The van der Waals surface area contributed by atoms with E-state index in [0.29, 0.717) is 18.7 Å². The average Bonchev–Trinajstić information content (AvgIpc) is 2.81. The molecule has 0 aliphatic carbocycles. The summed E-state index contributed by atoms with van der Waals surface area (Å²) in [5.74, 6) is -0.548. The van der Waals surface area contributed by atoms with E-state index in [4.69, 9.17) is 0 Å². The van der Waals surface area contributed by atoms with Crippen molar-refractivity contribution in [2.24, 2.45) is 0 Å². The number of nitrogens with zero attached hydrogens (tertiary/aromatic N) is 2. The van der Waals surface area contributed by atoms with Crippen molar-refractivity contribution in [3.05, 3.63) is 34.3 Å². The molecule has 4 amide bonds. The molecular weight excluding hydrogens is 386 g/mol. The van der Waals surface area contributed by atoms with E-state index in [0.717, 1.165) is 35.1 Å². The van der Waals surface area contributed by atoms with Crippen LogP contribution in [-0.2, 0) is 15.1 Å². The maximum atomic E-state index is 12.9. The number of urea groups is 1. The molecule has 0 saturated carbocycles. The topological polar surface area (TPSA) is 69.7 Å². The second-order valence-corrected chi connectivity index (χ2v) is 7.66. The number of likely N-dealkylation sites (tertiary alicyclic amines) is 1. The standard InChI is InChI=1S/C18H22BrN3O3/c1-18(13-6-8-14(19)9-7-13)16(24)22(17(25)20-18)12-15(23)21-10-4-2-3-5-11-21/h6-9H,2-5,10-12H2,1H3,(H,20,25). The van der Waals surface area contributed by atoms with Crippen LogP contribution in [0.5, 0.6) is 0 Å². The first kappa shape index (κ1) is 17.9. The first-order valence-electron chi connectivity index (χ1n) is 8.60. The van der Waals surface area contributed by atoms with E-state index in [2.05, 4.69) is 21.2 Å². The summed E-state index contributed by atoms with van der Waals surface area (Å²) in [5, 5.41) is 2.74. The third kappa shape index (κ3) is 3.56. The summed E-state index contributed by atoms with van der Waals surface area (Å²) in [5.41, 5.74) is -0.449. The lowest BCUT2D eigenvalue weighted by Gasteiger charge is -2.24. The molecule has 1 N–H and O–H groups in total. The summed E-state index contributed by atoms with van der Waals surface area (Å²) >= 11 is 3.36. The van der Waals surface area contributed by atoms with E-state index in [9.17, 15) is 14.4 Å². The number of benzene rings is 1. The lowest BCUT2D eigenvalue weighted by molar-refractivity contribution is -0.138. The summed E-state index contributed by atoms with van der Waals surface area (Å²) in [6.07, 6.45) is 4.19. The Morgan fingerprint density at radius 1 is 1.12 bits per heavy atom. The minimum Gasteiger partial charge on any atom is -0.341 e. The normalized spacial score (nSPS) is 24.2. The first-order chi connectivity index (χ1) is 11.9. The van der Waals surface area contributed by atoms with E-state index < -0.39 is 11.6 Å². The number of halogens is 1. The summed E-state index contributed by atoms with van der Waals surface area (Å²) < 4.78 is 0.893. The number of carbonyl (C=O) groups is 3. The zero-order valence-electron chi connectivity index (χ0n) is 14.3. The quantitative estimate of drug-likeness (QED) is 0.782. The van der Waals surface area contributed by atoms with Crippen molar-refractivity contribution >= 4 is 33.8 Å². The molecule has 1 unspecified atom stereocenters. The van der Waals surface area contributed by atoms with Gasteiger partial charge in [-0.15, -0.1) is 0 Å². The number of imide groups is 1. The Balaban J connectivity index is 1.74. The predicted octanol–water partition coefficient (Wildman–Crippen LogP) is 2.62. The van der Waals surface area contributed by atoms with E-state index in [-0.39, 0.29) is 18.4 Å². The van der Waals surface area contributed by atoms with Crippen molar-refractivity contribution in [3.8, 4) is 0 Å². The van der Waals surface area contributed by atoms with Gasteiger partial charge in [-0.1, -0.05) is 40.9 Å². The third-order valence-electron chi connectivity index (χ3n) is 4.95. The van der Waals surface area contributed by atoms with Gasteiger partial charge in [0.05, 0.1) is 0 Å². The molecular formula is C18H22BrN3O3. The molecule has 2 heterocycles. The molecule has 2 saturated heterocycles. The van der Waals surface area contributed by atoms with Crippen molar-refractivity contribution in [2.75, 3.05) is 19.6 Å². The van der Waals surface area contributed by atoms with Crippen LogP contribution < -0.4 is 5.32 Å². The molecule has 2 fully saturated rings. The Kier molecular flexibility index (Phi) is 5.13. The summed E-state index contributed by atoms with van der Waals surface area (Å²) in [4.78, 5) is 40.5. The van der Waals surface area contributed by atoms with Crippen molar-refractivity contribution in [3.63, 3.8) is 0 Å². The van der Waals surface area contributed by atoms with Crippen molar-refractivity contribution < 1.29 is 14.4 Å². The molecule has 3 rings (SSSR count). The van der Waals surface area contributed by atoms with Gasteiger partial charge in [0.1, 0.15) is 12.1 Å². The zero-order chi connectivity index (χ0) is 18.0. The van der Waals surface area contributed by atoms with E-state index in [1.54, 1.807) is 24.0 Å². The zero-order valence-corrected chi connectivity index (χ0v) is 15.8. The Bertz CT molecular complexity index is 683. The highest BCUT2D eigenvalue weighted by Crippen LogP contribution is 2.29. The first-order valence-corrected chi connectivity index (χ1v) is 9.39. The van der Waals surface area contributed by atoms with Crippen LogP contribution >= 0.6 is 15.9 Å². The molecule has 7 heteroatoms. The third-order valence-corrected chi connectivity index (χ3v) is 5.48. The molecule has 6 nitrogen and oxygen atoms in total. The number of hydrogen-bond donors (Lipinski definition) is 1. The van der Waals surface area contributed by atoms with Gasteiger partial charge in [-0.05, 0) is 37.5 Å². The molecule has 134 valence electrons. The highest BCUT2D eigenvalue weighted by molar-refractivity contribution is 9.10. The van der Waals surface area contributed by atoms with Gasteiger partial charge < -0.3 is 10.2 Å². The van der Waals surface area contributed by atoms with Gasteiger partial charge >= 0.3 is 6.03 Å². The Labute approximate surface area is 155 Å². The van der Waals surface area contributed by atoms with Crippen LogP contribution in [0.2, 0.25) is 0 Å². The maximum Gasteiger partial charge on any atom is 0.325 e. The van der Waals surface area contributed by atoms with Crippen LogP contribution in [0.1, 0.15) is 38.2 Å². The molecule has 2 aliphatic heterocycles. The van der Waals surface area contributed by atoms with Crippen molar-refractivity contribution in [2.45, 2.75) is 38.1 Å². The average molecular weight is 408 g/mol. The minimum absolute atomic E-state index is 0.162. The second-order valence-electron chi connectivity index (χ2n) is 6.75. The van der Waals surface area contributed by atoms with Crippen LogP contribution in [-0.4, -0.2) is 47.3 Å². The highest BCUT2D eigenvalue weighted by atomic mass is 79.9. The van der Waals surface area contributed by atoms with Crippen LogP contribution in [0.4, 0.5) is 4.79 Å². The number of hydrogen-bond acceptors (Lipinski definition) is 3. The largest absolute Gasteiger partial charge is 0.341 e. The van der Waals surface area contributed by atoms with Gasteiger partial charge in [0, 0.05) is 17.6 Å². The molecule has 1 atom stereocenters. The lowest BCUT2D eigenvalue weighted by Crippen LogP contribution is -2.44. The van der Waals surface area contributed by atoms with Gasteiger partial charge in [0.15, 0.2) is 0 Å². The number of carbonyl (C=O) groups excluding carboxylic acids is 3. The number of rotatable bonds is 3. The summed E-state index contributed by atoms with van der Waals surface area (Å²) in [6.45, 7) is 2.88. The molecule has 1 aromatic carbocycles. The Morgan fingerprint density at radius 2 is 1.72 bits per heavy atom. The summed E-state index contributed by atoms with van der Waals surface area (Å²) in [6, 6.07) is 6.72. The minimum atomic E-state index is -1.14. The van der Waals surface area contributed by atoms with Gasteiger partial charge in [-0.2, -0.15) is 0 Å². The molecule has 1 aromatic rings. The molecule has 0 radical (unpaired) electrons. The fourth-order valence-corrected chi connectivity index (χ4v) is 3.64. The second kappa shape index (κ2) is 7.15. The monoisotopic (exact) mass is 407 g/mol. The lowest BCUT2D eigenvalue weighted by atomic mass is 9.92.